The first-order valence-corrected chi connectivity index (χ1v) is 9.48. The zero-order chi connectivity index (χ0) is 18.8. The Morgan fingerprint density at radius 1 is 1.26 bits per heavy atom. The van der Waals surface area contributed by atoms with E-state index < -0.39 is 0 Å². The van der Waals surface area contributed by atoms with Crippen molar-refractivity contribution in [2.45, 2.75) is 25.7 Å². The highest BCUT2D eigenvalue weighted by molar-refractivity contribution is 6.12. The molecule has 0 saturated carbocycles. The van der Waals surface area contributed by atoms with Gasteiger partial charge in [-0.2, -0.15) is 4.98 Å². The molecule has 27 heavy (non-hydrogen) atoms. The van der Waals surface area contributed by atoms with Gasteiger partial charge in [0, 0.05) is 23.0 Å². The van der Waals surface area contributed by atoms with E-state index in [1.54, 1.807) is 0 Å². The number of likely N-dealkylation sites (tertiary alicyclic amines) is 1. The van der Waals surface area contributed by atoms with E-state index in [4.69, 9.17) is 11.1 Å². The largest absolute Gasteiger partial charge is 0.384 e. The Morgan fingerprint density at radius 3 is 2.85 bits per heavy atom. The van der Waals surface area contributed by atoms with E-state index in [1.807, 2.05) is 18.2 Å². The summed E-state index contributed by atoms with van der Waals surface area (Å²) >= 11 is 0. The lowest BCUT2D eigenvalue weighted by atomic mass is 10.1. The van der Waals surface area contributed by atoms with Crippen LogP contribution in [0.2, 0.25) is 0 Å². The second kappa shape index (κ2) is 7.40. The SMILES string of the molecule is N=C(N)c1ccc2c(c1)[nH]c1[nH]c(=O)nc(NCCCN3CCCCC3)c12. The molecule has 8 nitrogen and oxygen atoms in total. The molecule has 0 atom stereocenters. The molecule has 142 valence electrons. The van der Waals surface area contributed by atoms with Crippen molar-refractivity contribution in [3.63, 3.8) is 0 Å². The highest BCUT2D eigenvalue weighted by Crippen LogP contribution is 2.28. The maximum Gasteiger partial charge on any atom is 0.348 e. The number of nitrogens with zero attached hydrogens (tertiary/aromatic N) is 2. The number of nitrogens with one attached hydrogen (secondary N) is 4. The summed E-state index contributed by atoms with van der Waals surface area (Å²) in [6, 6.07) is 5.53. The van der Waals surface area contributed by atoms with E-state index in [9.17, 15) is 4.79 Å². The van der Waals surface area contributed by atoms with E-state index in [2.05, 4.69) is 25.2 Å². The van der Waals surface area contributed by atoms with Gasteiger partial charge in [0.1, 0.15) is 17.3 Å². The first kappa shape index (κ1) is 17.5. The van der Waals surface area contributed by atoms with Gasteiger partial charge in [-0.3, -0.25) is 10.4 Å². The molecule has 0 spiro atoms. The molecule has 6 N–H and O–H groups in total. The molecule has 0 aliphatic carbocycles. The van der Waals surface area contributed by atoms with Crippen molar-refractivity contribution in [2.24, 2.45) is 5.73 Å². The normalized spacial score (nSPS) is 15.4. The molecule has 0 unspecified atom stereocenters. The van der Waals surface area contributed by atoms with Crippen LogP contribution in [-0.2, 0) is 0 Å². The average molecular weight is 367 g/mol. The third kappa shape index (κ3) is 3.66. The maximum absolute atomic E-state index is 11.9. The number of nitrogen functional groups attached to an aromatic ring is 1. The number of fused-ring (bicyclic) bond motifs is 3. The monoisotopic (exact) mass is 367 g/mol. The second-order valence-electron chi connectivity index (χ2n) is 7.12. The quantitative estimate of drug-likeness (QED) is 0.259. The summed E-state index contributed by atoms with van der Waals surface area (Å²) in [6.07, 6.45) is 4.94. The zero-order valence-electron chi connectivity index (χ0n) is 15.3. The molecule has 3 aromatic rings. The van der Waals surface area contributed by atoms with E-state index in [-0.39, 0.29) is 11.5 Å². The molecule has 1 fully saturated rings. The molecule has 8 heteroatoms. The van der Waals surface area contributed by atoms with E-state index >= 15 is 0 Å². The number of hydrogen-bond donors (Lipinski definition) is 5. The highest BCUT2D eigenvalue weighted by Gasteiger charge is 2.13. The van der Waals surface area contributed by atoms with Crippen LogP contribution in [0.1, 0.15) is 31.2 Å². The summed E-state index contributed by atoms with van der Waals surface area (Å²) in [6.45, 7) is 4.21. The van der Waals surface area contributed by atoms with Crippen molar-refractivity contribution >= 4 is 33.6 Å². The predicted octanol–water partition coefficient (Wildman–Crippen LogP) is 1.98. The number of H-pyrrole nitrogens is 2. The van der Waals surface area contributed by atoms with Gasteiger partial charge in [0.05, 0.1) is 5.39 Å². The lowest BCUT2D eigenvalue weighted by Crippen LogP contribution is -2.31. The molecular formula is C19H25N7O. The number of benzene rings is 1. The first-order chi connectivity index (χ1) is 13.1. The lowest BCUT2D eigenvalue weighted by molar-refractivity contribution is 0.228. The van der Waals surface area contributed by atoms with E-state index in [0.717, 1.165) is 35.8 Å². The van der Waals surface area contributed by atoms with Gasteiger partial charge in [0.25, 0.3) is 0 Å². The minimum Gasteiger partial charge on any atom is -0.384 e. The van der Waals surface area contributed by atoms with E-state index in [1.165, 1.54) is 32.4 Å². The Hall–Kier alpha value is -2.87. The molecule has 0 radical (unpaired) electrons. The van der Waals surface area contributed by atoms with Gasteiger partial charge in [-0.25, -0.2) is 4.79 Å². The van der Waals surface area contributed by atoms with Gasteiger partial charge in [0.2, 0.25) is 0 Å². The minimum atomic E-state index is -0.389. The number of rotatable bonds is 6. The summed E-state index contributed by atoms with van der Waals surface area (Å²) in [5.74, 6) is 0.604. The fraction of sp³-hybridized carbons (Fsp3) is 0.421. The Kier molecular flexibility index (Phi) is 4.81. The fourth-order valence-electron chi connectivity index (χ4n) is 3.82. The molecule has 1 aliphatic heterocycles. The van der Waals surface area contributed by atoms with Gasteiger partial charge in [-0.15, -0.1) is 0 Å². The number of aromatic nitrogens is 3. The molecule has 3 heterocycles. The number of piperidine rings is 1. The average Bonchev–Trinajstić information content (AvgIpc) is 3.03. The zero-order valence-corrected chi connectivity index (χ0v) is 15.3. The Morgan fingerprint density at radius 2 is 2.07 bits per heavy atom. The van der Waals surface area contributed by atoms with Crippen molar-refractivity contribution < 1.29 is 0 Å². The number of nitrogens with two attached hydrogens (primary N) is 1. The smallest absolute Gasteiger partial charge is 0.348 e. The molecule has 2 aromatic heterocycles. The summed E-state index contributed by atoms with van der Waals surface area (Å²) in [4.78, 5) is 24.5. The van der Waals surface area contributed by atoms with Gasteiger partial charge in [0.15, 0.2) is 0 Å². The summed E-state index contributed by atoms with van der Waals surface area (Å²) in [5.41, 5.74) is 7.27. The van der Waals surface area contributed by atoms with Crippen molar-refractivity contribution in [3.8, 4) is 0 Å². The number of amidine groups is 1. The van der Waals surface area contributed by atoms with Crippen LogP contribution >= 0.6 is 0 Å². The van der Waals surface area contributed by atoms with Gasteiger partial charge < -0.3 is 20.9 Å². The summed E-state index contributed by atoms with van der Waals surface area (Å²) < 4.78 is 0. The molecule has 1 aromatic carbocycles. The first-order valence-electron chi connectivity index (χ1n) is 9.48. The molecule has 0 amide bonds. The standard InChI is InChI=1S/C19H25N7O/c20-16(21)12-5-6-13-14(11-12)23-18-15(13)17(24-19(27)25-18)22-7-4-10-26-8-2-1-3-9-26/h5-6,11H,1-4,7-10H2,(H3,20,21)(H3,22,23,24,25,27). The van der Waals surface area contributed by atoms with Crippen LogP contribution in [0.25, 0.3) is 21.9 Å². The summed E-state index contributed by atoms with van der Waals surface area (Å²) in [7, 11) is 0. The van der Waals surface area contributed by atoms with Crippen LogP contribution < -0.4 is 16.7 Å². The molecular weight excluding hydrogens is 342 g/mol. The van der Waals surface area contributed by atoms with Crippen LogP contribution in [0.5, 0.6) is 0 Å². The molecule has 4 rings (SSSR count). The number of hydrogen-bond acceptors (Lipinski definition) is 5. The minimum absolute atomic E-state index is 0.0123. The third-order valence-electron chi connectivity index (χ3n) is 5.18. The van der Waals surface area contributed by atoms with Gasteiger partial charge in [-0.05, 0) is 45.0 Å². The third-order valence-corrected chi connectivity index (χ3v) is 5.18. The van der Waals surface area contributed by atoms with Crippen molar-refractivity contribution in [1.29, 1.82) is 5.41 Å². The topological polar surface area (TPSA) is 127 Å². The maximum atomic E-state index is 11.9. The van der Waals surface area contributed by atoms with Crippen molar-refractivity contribution in [1.82, 2.24) is 19.9 Å². The second-order valence-corrected chi connectivity index (χ2v) is 7.12. The molecule has 0 bridgehead atoms. The van der Waals surface area contributed by atoms with Crippen molar-refractivity contribution in [2.75, 3.05) is 31.5 Å². The van der Waals surface area contributed by atoms with Crippen LogP contribution in [0, 0.1) is 5.41 Å². The van der Waals surface area contributed by atoms with Gasteiger partial charge in [-0.1, -0.05) is 18.6 Å². The van der Waals surface area contributed by atoms with Crippen LogP contribution in [0.15, 0.2) is 23.0 Å². The Balaban J connectivity index is 1.56. The Labute approximate surface area is 156 Å². The lowest BCUT2D eigenvalue weighted by Gasteiger charge is -2.26. The molecule has 1 saturated heterocycles. The van der Waals surface area contributed by atoms with E-state index in [0.29, 0.717) is 17.0 Å². The number of aromatic amines is 2. The highest BCUT2D eigenvalue weighted by atomic mass is 16.1. The summed E-state index contributed by atoms with van der Waals surface area (Å²) in [5, 5.41) is 12.7. The number of anilines is 1. The van der Waals surface area contributed by atoms with Gasteiger partial charge >= 0.3 is 5.69 Å². The van der Waals surface area contributed by atoms with Crippen LogP contribution in [-0.4, -0.2) is 51.9 Å². The predicted molar refractivity (Wildman–Crippen MR) is 109 cm³/mol. The van der Waals surface area contributed by atoms with Crippen LogP contribution in [0.3, 0.4) is 0 Å². The fourth-order valence-corrected chi connectivity index (χ4v) is 3.82. The van der Waals surface area contributed by atoms with Crippen LogP contribution in [0.4, 0.5) is 5.82 Å². The Bertz CT molecular complexity index is 1030. The molecule has 1 aliphatic rings. The van der Waals surface area contributed by atoms with Crippen molar-refractivity contribution in [3.05, 3.63) is 34.2 Å².